The second-order valence-electron chi connectivity index (χ2n) is 4.44. The number of aliphatic hydroxyl groups excluding tert-OH is 1. The van der Waals surface area contributed by atoms with Gasteiger partial charge in [-0.25, -0.2) is 0 Å². The van der Waals surface area contributed by atoms with E-state index in [1.165, 1.54) is 0 Å². The van der Waals surface area contributed by atoms with Gasteiger partial charge in [0.15, 0.2) is 11.5 Å². The van der Waals surface area contributed by atoms with E-state index in [2.05, 4.69) is 0 Å². The average Bonchev–Trinajstić information content (AvgIpc) is 2.49. The predicted molar refractivity (Wildman–Crippen MR) is 80.6 cm³/mol. The van der Waals surface area contributed by atoms with Gasteiger partial charge in [0.1, 0.15) is 0 Å². The van der Waals surface area contributed by atoms with Crippen LogP contribution in [0.4, 0.5) is 0 Å². The van der Waals surface area contributed by atoms with Crippen LogP contribution in [0, 0.1) is 0 Å². The third-order valence-corrected chi connectivity index (χ3v) is 2.95. The lowest BCUT2D eigenvalue weighted by Crippen LogP contribution is -2.27. The topological polar surface area (TPSA) is 83.2 Å². The smallest absolute Gasteiger partial charge is 0.207 e. The van der Waals surface area contributed by atoms with E-state index in [4.69, 9.17) is 29.8 Å². The van der Waals surface area contributed by atoms with Gasteiger partial charge in [0, 0.05) is 11.6 Å². The zero-order valence-corrected chi connectivity index (χ0v) is 13.1. The lowest BCUT2D eigenvalue weighted by atomic mass is 10.0. The SMILES string of the molecule is CCOc1cc(C[C@H](N)CO)c(OCC)c(OC)c1OC. The van der Waals surface area contributed by atoms with E-state index in [9.17, 15) is 0 Å². The summed E-state index contributed by atoms with van der Waals surface area (Å²) in [5.41, 5.74) is 6.66. The molecule has 120 valence electrons. The summed E-state index contributed by atoms with van der Waals surface area (Å²) in [6.45, 7) is 4.65. The van der Waals surface area contributed by atoms with Crippen LogP contribution in [0.5, 0.6) is 23.0 Å². The molecule has 0 aliphatic heterocycles. The summed E-state index contributed by atoms with van der Waals surface area (Å²) in [4.78, 5) is 0. The molecule has 0 saturated carbocycles. The minimum absolute atomic E-state index is 0.107. The first-order chi connectivity index (χ1) is 10.1. The number of ether oxygens (including phenoxy) is 4. The summed E-state index contributed by atoms with van der Waals surface area (Å²) in [6, 6.07) is 1.45. The van der Waals surface area contributed by atoms with Crippen LogP contribution in [0.15, 0.2) is 6.07 Å². The number of hydrogen-bond donors (Lipinski definition) is 2. The fraction of sp³-hybridized carbons (Fsp3) is 0.600. The van der Waals surface area contributed by atoms with Crippen LogP contribution >= 0.6 is 0 Å². The molecule has 1 atom stereocenters. The minimum Gasteiger partial charge on any atom is -0.490 e. The third-order valence-electron chi connectivity index (χ3n) is 2.95. The second-order valence-corrected chi connectivity index (χ2v) is 4.44. The van der Waals surface area contributed by atoms with Crippen LogP contribution in [0.2, 0.25) is 0 Å². The molecule has 6 nitrogen and oxygen atoms in total. The summed E-state index contributed by atoms with van der Waals surface area (Å²) in [7, 11) is 3.10. The van der Waals surface area contributed by atoms with Crippen molar-refractivity contribution in [3.8, 4) is 23.0 Å². The minimum atomic E-state index is -0.378. The fourth-order valence-electron chi connectivity index (χ4n) is 2.09. The second kappa shape index (κ2) is 8.59. The highest BCUT2D eigenvalue weighted by atomic mass is 16.5. The summed E-state index contributed by atoms with van der Waals surface area (Å²) in [6.07, 6.45) is 0.451. The molecule has 0 saturated heterocycles. The van der Waals surface area contributed by atoms with Gasteiger partial charge in [-0.2, -0.15) is 0 Å². The molecule has 0 aliphatic rings. The van der Waals surface area contributed by atoms with Crippen molar-refractivity contribution in [3.63, 3.8) is 0 Å². The van der Waals surface area contributed by atoms with Crippen LogP contribution in [0.1, 0.15) is 19.4 Å². The Hall–Kier alpha value is -1.66. The number of methoxy groups -OCH3 is 2. The Bertz CT molecular complexity index is 450. The van der Waals surface area contributed by atoms with E-state index in [0.717, 1.165) is 5.56 Å². The van der Waals surface area contributed by atoms with Gasteiger partial charge in [0.25, 0.3) is 0 Å². The van der Waals surface area contributed by atoms with E-state index >= 15 is 0 Å². The first-order valence-electron chi connectivity index (χ1n) is 7.02. The van der Waals surface area contributed by atoms with Gasteiger partial charge < -0.3 is 29.8 Å². The van der Waals surface area contributed by atoms with Crippen molar-refractivity contribution in [2.75, 3.05) is 34.0 Å². The Morgan fingerprint density at radius 3 is 2.14 bits per heavy atom. The van der Waals surface area contributed by atoms with Crippen molar-refractivity contribution in [2.45, 2.75) is 26.3 Å². The van der Waals surface area contributed by atoms with E-state index in [1.807, 2.05) is 19.9 Å². The molecule has 0 bridgehead atoms. The molecule has 0 aliphatic carbocycles. The Balaban J connectivity index is 3.40. The van der Waals surface area contributed by atoms with Gasteiger partial charge in [-0.15, -0.1) is 0 Å². The van der Waals surface area contributed by atoms with E-state index in [-0.39, 0.29) is 12.6 Å². The van der Waals surface area contributed by atoms with Crippen LogP contribution in [0.25, 0.3) is 0 Å². The summed E-state index contributed by atoms with van der Waals surface area (Å²) in [5.74, 6) is 2.11. The molecule has 0 spiro atoms. The summed E-state index contributed by atoms with van der Waals surface area (Å²) >= 11 is 0. The van der Waals surface area contributed by atoms with E-state index in [1.54, 1.807) is 14.2 Å². The van der Waals surface area contributed by atoms with Crippen molar-refractivity contribution in [1.82, 2.24) is 0 Å². The van der Waals surface area contributed by atoms with E-state index < -0.39 is 0 Å². The molecular weight excluding hydrogens is 274 g/mol. The lowest BCUT2D eigenvalue weighted by Gasteiger charge is -2.21. The molecule has 1 aromatic carbocycles. The molecule has 0 radical (unpaired) electrons. The van der Waals surface area contributed by atoms with Gasteiger partial charge in [0.05, 0.1) is 34.0 Å². The molecule has 0 aromatic heterocycles. The van der Waals surface area contributed by atoms with Crippen molar-refractivity contribution in [2.24, 2.45) is 5.73 Å². The van der Waals surface area contributed by atoms with Gasteiger partial charge in [-0.3, -0.25) is 0 Å². The van der Waals surface area contributed by atoms with Crippen LogP contribution in [0.3, 0.4) is 0 Å². The predicted octanol–water partition coefficient (Wildman–Crippen LogP) is 1.36. The molecule has 1 rings (SSSR count). The molecule has 3 N–H and O–H groups in total. The maximum absolute atomic E-state index is 9.16. The van der Waals surface area contributed by atoms with Gasteiger partial charge in [-0.05, 0) is 26.3 Å². The summed E-state index contributed by atoms with van der Waals surface area (Å²) in [5, 5.41) is 9.16. The van der Waals surface area contributed by atoms with Gasteiger partial charge >= 0.3 is 0 Å². The molecule has 6 heteroatoms. The number of rotatable bonds is 9. The summed E-state index contributed by atoms with van der Waals surface area (Å²) < 4.78 is 22.1. The quantitative estimate of drug-likeness (QED) is 0.716. The molecule has 1 aromatic rings. The standard InChI is InChI=1S/C15H25NO5/c1-5-20-12-8-10(7-11(16)9-17)13(21-6-2)15(19-4)14(12)18-3/h8,11,17H,5-7,9,16H2,1-4H3/t11-/m0/s1. The molecule has 0 amide bonds. The third kappa shape index (κ3) is 4.15. The fourth-order valence-corrected chi connectivity index (χ4v) is 2.09. The van der Waals surface area contributed by atoms with Crippen molar-refractivity contribution in [3.05, 3.63) is 11.6 Å². The number of hydrogen-bond acceptors (Lipinski definition) is 6. The Morgan fingerprint density at radius 2 is 1.67 bits per heavy atom. The monoisotopic (exact) mass is 299 g/mol. The van der Waals surface area contributed by atoms with Gasteiger partial charge in [-0.1, -0.05) is 0 Å². The van der Waals surface area contributed by atoms with Crippen molar-refractivity contribution < 1.29 is 24.1 Å². The molecule has 0 heterocycles. The average molecular weight is 299 g/mol. The molecule has 0 unspecified atom stereocenters. The first kappa shape index (κ1) is 17.4. The highest BCUT2D eigenvalue weighted by Crippen LogP contribution is 2.47. The highest BCUT2D eigenvalue weighted by Gasteiger charge is 2.23. The molecule has 21 heavy (non-hydrogen) atoms. The van der Waals surface area contributed by atoms with Crippen LogP contribution in [-0.4, -0.2) is 45.2 Å². The number of nitrogens with two attached hydrogens (primary N) is 1. The zero-order chi connectivity index (χ0) is 15.8. The maximum Gasteiger partial charge on any atom is 0.207 e. The lowest BCUT2D eigenvalue weighted by molar-refractivity contribution is 0.258. The maximum atomic E-state index is 9.16. The van der Waals surface area contributed by atoms with Crippen molar-refractivity contribution >= 4 is 0 Å². The van der Waals surface area contributed by atoms with E-state index in [0.29, 0.717) is 42.6 Å². The first-order valence-corrected chi connectivity index (χ1v) is 7.02. The largest absolute Gasteiger partial charge is 0.490 e. The highest BCUT2D eigenvalue weighted by molar-refractivity contribution is 5.63. The Morgan fingerprint density at radius 1 is 1.05 bits per heavy atom. The molecular formula is C15H25NO5. The van der Waals surface area contributed by atoms with Crippen molar-refractivity contribution in [1.29, 1.82) is 0 Å². The van der Waals surface area contributed by atoms with Crippen LogP contribution < -0.4 is 24.7 Å². The Kier molecular flexibility index (Phi) is 7.11. The molecule has 0 fully saturated rings. The van der Waals surface area contributed by atoms with Gasteiger partial charge in [0.2, 0.25) is 11.5 Å². The zero-order valence-electron chi connectivity index (χ0n) is 13.1. The number of benzene rings is 1. The normalized spacial score (nSPS) is 11.9. The number of aliphatic hydroxyl groups is 1. The van der Waals surface area contributed by atoms with Crippen LogP contribution in [-0.2, 0) is 6.42 Å². The Labute approximate surface area is 125 Å².